The molecule has 0 spiro atoms. The van der Waals surface area contributed by atoms with Crippen molar-refractivity contribution >= 4 is 35.0 Å². The maximum Gasteiger partial charge on any atom is 0.340 e. The normalized spacial score (nSPS) is 20.9. The average Bonchev–Trinajstić information content (AvgIpc) is 2.73. The lowest BCUT2D eigenvalue weighted by atomic mass is 9.73. The molecule has 0 fully saturated rings. The number of carbonyl (C=O) groups excluding carboxylic acids is 2. The molecule has 2 aliphatic rings. The van der Waals surface area contributed by atoms with E-state index >= 15 is 0 Å². The maximum absolute atomic E-state index is 13.4. The molecule has 5 nitrogen and oxygen atoms in total. The van der Waals surface area contributed by atoms with Gasteiger partial charge in [0.1, 0.15) is 11.3 Å². The first-order valence-electron chi connectivity index (χ1n) is 10.0. The van der Waals surface area contributed by atoms with Gasteiger partial charge in [-0.2, -0.15) is 0 Å². The van der Waals surface area contributed by atoms with Crippen molar-refractivity contribution in [3.8, 4) is 0 Å². The molecule has 2 atom stereocenters. The molecule has 1 aliphatic heterocycles. The van der Waals surface area contributed by atoms with Gasteiger partial charge in [-0.25, -0.2) is 4.79 Å². The van der Waals surface area contributed by atoms with Crippen LogP contribution in [0.3, 0.4) is 0 Å². The van der Waals surface area contributed by atoms with Crippen LogP contribution in [0, 0.1) is 0 Å². The summed E-state index contributed by atoms with van der Waals surface area (Å²) in [6.07, 6.45) is 0.785. The number of nitrogens with two attached hydrogens (primary N) is 1. The Morgan fingerprint density at radius 1 is 1.16 bits per heavy atom. The van der Waals surface area contributed by atoms with E-state index in [1.54, 1.807) is 25.1 Å². The van der Waals surface area contributed by atoms with Crippen molar-refractivity contribution in [2.24, 2.45) is 5.73 Å². The number of ether oxygens (including phenoxy) is 2. The molecular formula is C24H21Cl2NO4. The number of allylic oxidation sites excluding steroid dienone is 2. The van der Waals surface area contributed by atoms with Crippen molar-refractivity contribution in [2.75, 3.05) is 6.61 Å². The summed E-state index contributed by atoms with van der Waals surface area (Å²) in [7, 11) is 0. The minimum absolute atomic E-state index is 0.0364. The molecule has 31 heavy (non-hydrogen) atoms. The number of rotatable bonds is 4. The number of esters is 1. The number of hydrogen-bond donors (Lipinski definition) is 1. The van der Waals surface area contributed by atoms with Crippen LogP contribution >= 0.6 is 23.2 Å². The fourth-order valence-electron chi connectivity index (χ4n) is 4.22. The zero-order valence-corrected chi connectivity index (χ0v) is 18.4. The fraction of sp³-hybridized carbons (Fsp3) is 0.250. The van der Waals surface area contributed by atoms with E-state index < -0.39 is 11.9 Å². The average molecular weight is 458 g/mol. The molecule has 4 rings (SSSR count). The number of benzene rings is 2. The SMILES string of the molecule is CCOC(=O)C1=C(N)OC2=C(C(=O)C[C@H](c3ccccc3)C2)[C@@H]1c1ccc(Cl)cc1Cl. The number of Topliss-reactive ketones (excluding diaryl/α,β-unsaturated/α-hetero) is 1. The zero-order chi connectivity index (χ0) is 22.1. The molecule has 160 valence electrons. The molecule has 0 radical (unpaired) electrons. The Kier molecular flexibility index (Phi) is 6.08. The van der Waals surface area contributed by atoms with Crippen molar-refractivity contribution in [1.82, 2.24) is 0 Å². The van der Waals surface area contributed by atoms with Gasteiger partial charge in [-0.3, -0.25) is 4.79 Å². The quantitative estimate of drug-likeness (QED) is 0.634. The Bertz CT molecular complexity index is 1110. The number of ketones is 1. The summed E-state index contributed by atoms with van der Waals surface area (Å²) in [6.45, 7) is 1.86. The maximum atomic E-state index is 13.4. The van der Waals surface area contributed by atoms with E-state index in [-0.39, 0.29) is 29.8 Å². The van der Waals surface area contributed by atoms with E-state index in [9.17, 15) is 9.59 Å². The summed E-state index contributed by atoms with van der Waals surface area (Å²) in [5, 5.41) is 0.780. The summed E-state index contributed by atoms with van der Waals surface area (Å²) < 4.78 is 11.1. The summed E-state index contributed by atoms with van der Waals surface area (Å²) >= 11 is 12.6. The van der Waals surface area contributed by atoms with Gasteiger partial charge in [-0.05, 0) is 36.1 Å². The summed E-state index contributed by atoms with van der Waals surface area (Å²) in [5.41, 5.74) is 8.28. The van der Waals surface area contributed by atoms with E-state index in [4.69, 9.17) is 38.4 Å². The Balaban J connectivity index is 1.84. The third kappa shape index (κ3) is 4.08. The van der Waals surface area contributed by atoms with E-state index in [1.165, 1.54) is 0 Å². The van der Waals surface area contributed by atoms with Crippen LogP contribution in [0.25, 0.3) is 0 Å². The molecular weight excluding hydrogens is 437 g/mol. The predicted octanol–water partition coefficient (Wildman–Crippen LogP) is 5.24. The highest BCUT2D eigenvalue weighted by atomic mass is 35.5. The van der Waals surface area contributed by atoms with Crippen LogP contribution in [0.1, 0.15) is 42.7 Å². The third-order valence-electron chi connectivity index (χ3n) is 5.58. The van der Waals surface area contributed by atoms with Crippen LogP contribution in [0.2, 0.25) is 10.0 Å². The molecule has 7 heteroatoms. The fourth-order valence-corrected chi connectivity index (χ4v) is 4.74. The second-order valence-corrected chi connectivity index (χ2v) is 8.32. The molecule has 0 unspecified atom stereocenters. The highest BCUT2D eigenvalue weighted by Crippen LogP contribution is 2.48. The second-order valence-electron chi connectivity index (χ2n) is 7.48. The standard InChI is InChI=1S/C24H21Cl2NO4/c1-2-30-24(29)22-20(16-9-8-15(25)12-17(16)26)21-18(28)10-14(11-19(21)31-23(22)27)13-6-4-3-5-7-13/h3-9,12,14,20H,2,10-11,27H2,1H3/t14-,20-/m0/s1. The van der Waals surface area contributed by atoms with E-state index in [0.29, 0.717) is 39.8 Å². The highest BCUT2D eigenvalue weighted by molar-refractivity contribution is 6.35. The summed E-state index contributed by atoms with van der Waals surface area (Å²) in [5.74, 6) is -1.18. The smallest absolute Gasteiger partial charge is 0.340 e. The van der Waals surface area contributed by atoms with Gasteiger partial charge >= 0.3 is 5.97 Å². The molecule has 0 saturated carbocycles. The number of carbonyl (C=O) groups is 2. The van der Waals surface area contributed by atoms with Crippen molar-refractivity contribution in [3.63, 3.8) is 0 Å². The molecule has 0 bridgehead atoms. The molecule has 1 aliphatic carbocycles. The van der Waals surface area contributed by atoms with Gasteiger partial charge in [-0.15, -0.1) is 0 Å². The zero-order valence-electron chi connectivity index (χ0n) is 16.9. The van der Waals surface area contributed by atoms with Crippen LogP contribution in [0.5, 0.6) is 0 Å². The molecule has 2 aromatic rings. The van der Waals surface area contributed by atoms with Gasteiger partial charge in [0.05, 0.1) is 12.5 Å². The molecule has 2 N–H and O–H groups in total. The Hall–Kier alpha value is -2.76. The van der Waals surface area contributed by atoms with Gasteiger partial charge in [0.15, 0.2) is 5.78 Å². The molecule has 1 heterocycles. The minimum Gasteiger partial charge on any atom is -0.462 e. The van der Waals surface area contributed by atoms with E-state index in [0.717, 1.165) is 5.56 Å². The van der Waals surface area contributed by atoms with Crippen LogP contribution in [0.4, 0.5) is 0 Å². The number of hydrogen-bond acceptors (Lipinski definition) is 5. The minimum atomic E-state index is -0.781. The lowest BCUT2D eigenvalue weighted by molar-refractivity contribution is -0.139. The number of halogens is 2. The van der Waals surface area contributed by atoms with Crippen molar-refractivity contribution in [2.45, 2.75) is 31.6 Å². The van der Waals surface area contributed by atoms with Crippen molar-refractivity contribution in [3.05, 3.63) is 92.5 Å². The Morgan fingerprint density at radius 2 is 1.90 bits per heavy atom. The van der Waals surface area contributed by atoms with Gasteiger partial charge in [0, 0.05) is 28.5 Å². The lowest BCUT2D eigenvalue weighted by Gasteiger charge is -2.35. The van der Waals surface area contributed by atoms with Crippen LogP contribution in [-0.4, -0.2) is 18.4 Å². The molecule has 2 aromatic carbocycles. The molecule has 0 amide bonds. The van der Waals surface area contributed by atoms with E-state index in [1.807, 2.05) is 30.3 Å². The Labute approximate surface area is 190 Å². The monoisotopic (exact) mass is 457 g/mol. The summed E-state index contributed by atoms with van der Waals surface area (Å²) in [6, 6.07) is 14.7. The van der Waals surface area contributed by atoms with Crippen LogP contribution in [-0.2, 0) is 19.1 Å². The van der Waals surface area contributed by atoms with Gasteiger partial charge in [0.2, 0.25) is 5.88 Å². The van der Waals surface area contributed by atoms with Gasteiger partial charge in [0.25, 0.3) is 0 Å². The second kappa shape index (κ2) is 8.77. The third-order valence-corrected chi connectivity index (χ3v) is 6.14. The first kappa shape index (κ1) is 21.5. The van der Waals surface area contributed by atoms with Gasteiger partial charge in [-0.1, -0.05) is 59.6 Å². The van der Waals surface area contributed by atoms with Crippen molar-refractivity contribution < 1.29 is 19.1 Å². The van der Waals surface area contributed by atoms with Gasteiger partial charge < -0.3 is 15.2 Å². The van der Waals surface area contributed by atoms with E-state index in [2.05, 4.69) is 0 Å². The summed E-state index contributed by atoms with van der Waals surface area (Å²) in [4.78, 5) is 26.2. The Morgan fingerprint density at radius 3 is 2.58 bits per heavy atom. The predicted molar refractivity (Wildman–Crippen MR) is 119 cm³/mol. The molecule has 0 aromatic heterocycles. The molecule has 0 saturated heterocycles. The largest absolute Gasteiger partial charge is 0.462 e. The first-order valence-corrected chi connectivity index (χ1v) is 10.8. The van der Waals surface area contributed by atoms with Crippen LogP contribution < -0.4 is 5.73 Å². The highest BCUT2D eigenvalue weighted by Gasteiger charge is 2.44. The van der Waals surface area contributed by atoms with Crippen molar-refractivity contribution in [1.29, 1.82) is 0 Å². The van der Waals surface area contributed by atoms with Crippen LogP contribution in [0.15, 0.2) is 71.3 Å². The topological polar surface area (TPSA) is 78.6 Å². The lowest BCUT2D eigenvalue weighted by Crippen LogP contribution is -2.33. The first-order chi connectivity index (χ1) is 14.9.